The summed E-state index contributed by atoms with van der Waals surface area (Å²) >= 11 is 1.86. The minimum absolute atomic E-state index is 0.614. The van der Waals surface area contributed by atoms with Crippen LogP contribution in [0.4, 0.5) is 0 Å². The van der Waals surface area contributed by atoms with Crippen LogP contribution in [0.5, 0.6) is 0 Å². The zero-order valence-electron chi connectivity index (χ0n) is 33.5. The molecular formula is C57H36N4S. The number of rotatable bonds is 7. The van der Waals surface area contributed by atoms with Gasteiger partial charge in [-0.05, 0) is 69.8 Å². The second kappa shape index (κ2) is 14.9. The number of hydrogen-bond acceptors (Lipinski definition) is 4. The van der Waals surface area contributed by atoms with Gasteiger partial charge in [0, 0.05) is 48.6 Å². The minimum Gasteiger partial charge on any atom is -0.308 e. The molecule has 0 saturated heterocycles. The second-order valence-electron chi connectivity index (χ2n) is 15.6. The Bertz CT molecular complexity index is 3550. The van der Waals surface area contributed by atoms with E-state index in [2.05, 4.69) is 187 Å². The molecule has 0 fully saturated rings. The Morgan fingerprint density at radius 3 is 1.44 bits per heavy atom. The van der Waals surface area contributed by atoms with Gasteiger partial charge in [0.25, 0.3) is 0 Å². The highest BCUT2D eigenvalue weighted by Crippen LogP contribution is 2.44. The number of benzene rings is 9. The third-order valence-electron chi connectivity index (χ3n) is 11.8. The summed E-state index contributed by atoms with van der Waals surface area (Å²) in [4.78, 5) is 15.5. The molecule has 0 bridgehead atoms. The van der Waals surface area contributed by atoms with Gasteiger partial charge in [-0.3, -0.25) is 0 Å². The molecule has 3 aromatic heterocycles. The summed E-state index contributed by atoms with van der Waals surface area (Å²) in [6.07, 6.45) is 0. The maximum atomic E-state index is 5.22. The Morgan fingerprint density at radius 1 is 0.306 bits per heavy atom. The number of hydrogen-bond donors (Lipinski definition) is 0. The zero-order chi connectivity index (χ0) is 41.0. The van der Waals surface area contributed by atoms with Gasteiger partial charge in [-0.1, -0.05) is 182 Å². The van der Waals surface area contributed by atoms with Gasteiger partial charge < -0.3 is 4.57 Å². The van der Waals surface area contributed by atoms with E-state index in [0.29, 0.717) is 17.5 Å². The number of thiophene rings is 1. The number of aromatic nitrogens is 4. The molecule has 4 nitrogen and oxygen atoms in total. The van der Waals surface area contributed by atoms with E-state index in [1.165, 1.54) is 53.2 Å². The summed E-state index contributed by atoms with van der Waals surface area (Å²) in [5.74, 6) is 1.88. The van der Waals surface area contributed by atoms with E-state index in [1.54, 1.807) is 0 Å². The fraction of sp³-hybridized carbons (Fsp3) is 0. The maximum absolute atomic E-state index is 5.22. The lowest BCUT2D eigenvalue weighted by Crippen LogP contribution is -2.02. The van der Waals surface area contributed by atoms with Crippen LogP contribution in [0.15, 0.2) is 218 Å². The molecule has 290 valence electrons. The van der Waals surface area contributed by atoms with Gasteiger partial charge in [-0.25, -0.2) is 15.0 Å². The molecule has 12 rings (SSSR count). The van der Waals surface area contributed by atoms with Crippen LogP contribution in [0.25, 0.3) is 115 Å². The molecule has 9 aromatic carbocycles. The molecule has 0 aliphatic heterocycles. The molecule has 0 aliphatic rings. The minimum atomic E-state index is 0.614. The first kappa shape index (κ1) is 35.9. The zero-order valence-corrected chi connectivity index (χ0v) is 34.3. The van der Waals surface area contributed by atoms with Crippen molar-refractivity contribution in [2.75, 3.05) is 0 Å². The van der Waals surface area contributed by atoms with Gasteiger partial charge in [0.1, 0.15) is 0 Å². The Kier molecular flexibility index (Phi) is 8.65. The van der Waals surface area contributed by atoms with Crippen LogP contribution in [0.1, 0.15) is 0 Å². The van der Waals surface area contributed by atoms with Gasteiger partial charge in [-0.2, -0.15) is 0 Å². The quantitative estimate of drug-likeness (QED) is 0.161. The molecule has 3 heterocycles. The van der Waals surface area contributed by atoms with Crippen molar-refractivity contribution in [3.63, 3.8) is 0 Å². The van der Waals surface area contributed by atoms with E-state index >= 15 is 0 Å². The van der Waals surface area contributed by atoms with Gasteiger partial charge in [0.05, 0.1) is 15.7 Å². The summed E-state index contributed by atoms with van der Waals surface area (Å²) < 4.78 is 5.01. The first-order valence-corrected chi connectivity index (χ1v) is 21.7. The van der Waals surface area contributed by atoms with Crippen LogP contribution in [0, 0.1) is 0 Å². The van der Waals surface area contributed by atoms with Crippen LogP contribution in [-0.4, -0.2) is 19.5 Å². The lowest BCUT2D eigenvalue weighted by molar-refractivity contribution is 1.07. The highest BCUT2D eigenvalue weighted by atomic mass is 32.1. The van der Waals surface area contributed by atoms with Gasteiger partial charge in [0.2, 0.25) is 0 Å². The summed E-state index contributed by atoms with van der Waals surface area (Å²) in [5, 5.41) is 4.99. The van der Waals surface area contributed by atoms with Crippen LogP contribution < -0.4 is 0 Å². The van der Waals surface area contributed by atoms with E-state index in [-0.39, 0.29) is 0 Å². The van der Waals surface area contributed by atoms with Crippen molar-refractivity contribution < 1.29 is 0 Å². The maximum Gasteiger partial charge on any atom is 0.164 e. The third kappa shape index (κ3) is 6.26. The van der Waals surface area contributed by atoms with Crippen LogP contribution in [0.2, 0.25) is 0 Å². The summed E-state index contributed by atoms with van der Waals surface area (Å²) in [6.45, 7) is 0. The van der Waals surface area contributed by atoms with Crippen LogP contribution >= 0.6 is 11.3 Å². The fourth-order valence-corrected chi connectivity index (χ4v) is 10.1. The number of nitrogens with zero attached hydrogens (tertiary/aromatic N) is 4. The van der Waals surface area contributed by atoms with Crippen molar-refractivity contribution >= 4 is 53.3 Å². The highest BCUT2D eigenvalue weighted by molar-refractivity contribution is 7.26. The molecule has 0 unspecified atom stereocenters. The van der Waals surface area contributed by atoms with Crippen molar-refractivity contribution in [2.45, 2.75) is 0 Å². The smallest absolute Gasteiger partial charge is 0.164 e. The molecule has 0 radical (unpaired) electrons. The summed E-state index contributed by atoms with van der Waals surface area (Å²) in [5.41, 5.74) is 13.1. The van der Waals surface area contributed by atoms with E-state index in [0.717, 1.165) is 44.6 Å². The third-order valence-corrected chi connectivity index (χ3v) is 13.0. The van der Waals surface area contributed by atoms with Crippen molar-refractivity contribution in [1.82, 2.24) is 19.5 Å². The SMILES string of the molecule is c1ccc(-c2cccc(-c3ccc(-c4cc(-c5nc(-c6ccccc6)nc(-c6ccccc6)n5)cc(-n5c6ccccc6c6ccc7c8ccccc8sc7c65)c4)cc3)c2)cc1. The fourth-order valence-electron chi connectivity index (χ4n) is 8.84. The lowest BCUT2D eigenvalue weighted by Gasteiger charge is -2.15. The number of para-hydroxylation sites is 1. The first-order valence-electron chi connectivity index (χ1n) is 20.8. The summed E-state index contributed by atoms with van der Waals surface area (Å²) in [6, 6.07) is 77.6. The van der Waals surface area contributed by atoms with Crippen LogP contribution in [-0.2, 0) is 0 Å². The van der Waals surface area contributed by atoms with Crippen molar-refractivity contribution in [3.8, 4) is 73.2 Å². The lowest BCUT2D eigenvalue weighted by atomic mass is 9.96. The van der Waals surface area contributed by atoms with E-state index in [4.69, 9.17) is 15.0 Å². The normalized spacial score (nSPS) is 11.5. The van der Waals surface area contributed by atoms with Gasteiger partial charge in [0.15, 0.2) is 17.5 Å². The Balaban J connectivity index is 1.09. The average Bonchev–Trinajstić information content (AvgIpc) is 3.91. The average molecular weight is 809 g/mol. The molecule has 0 saturated carbocycles. The standard InChI is InChI=1S/C57H36N4S/c1-4-15-37(16-5-1)42-21-14-22-43(33-42)38-27-29-39(30-28-38)44-34-45(57-59-55(40-17-6-2-7-18-40)58-56(60-57)41-19-8-3-9-20-41)36-46(35-44)61-51-25-12-10-23-47(51)49-31-32-50-48-24-11-13-26-52(48)62-54(50)53(49)61/h1-36H. The van der Waals surface area contributed by atoms with E-state index < -0.39 is 0 Å². The summed E-state index contributed by atoms with van der Waals surface area (Å²) in [7, 11) is 0. The largest absolute Gasteiger partial charge is 0.308 e. The Morgan fingerprint density at radius 2 is 0.774 bits per heavy atom. The molecule has 5 heteroatoms. The molecular weight excluding hydrogens is 773 g/mol. The molecule has 62 heavy (non-hydrogen) atoms. The van der Waals surface area contributed by atoms with Gasteiger partial charge >= 0.3 is 0 Å². The van der Waals surface area contributed by atoms with Crippen molar-refractivity contribution in [3.05, 3.63) is 218 Å². The van der Waals surface area contributed by atoms with Crippen molar-refractivity contribution in [2.24, 2.45) is 0 Å². The predicted molar refractivity (Wildman–Crippen MR) is 260 cm³/mol. The Labute approximate surface area is 362 Å². The first-order chi connectivity index (χ1) is 30.7. The predicted octanol–water partition coefficient (Wildman–Crippen LogP) is 15.3. The molecule has 12 aromatic rings. The molecule has 0 spiro atoms. The Hall–Kier alpha value is -7.99. The van der Waals surface area contributed by atoms with Gasteiger partial charge in [-0.15, -0.1) is 11.3 Å². The monoisotopic (exact) mass is 808 g/mol. The topological polar surface area (TPSA) is 43.6 Å². The van der Waals surface area contributed by atoms with E-state index in [9.17, 15) is 0 Å². The van der Waals surface area contributed by atoms with Crippen LogP contribution in [0.3, 0.4) is 0 Å². The molecule has 0 N–H and O–H groups in total. The van der Waals surface area contributed by atoms with E-state index in [1.807, 2.05) is 47.7 Å². The highest BCUT2D eigenvalue weighted by Gasteiger charge is 2.20. The molecule has 0 atom stereocenters. The molecule has 0 aliphatic carbocycles. The second-order valence-corrected chi connectivity index (χ2v) is 16.7. The molecule has 0 amide bonds. The number of fused-ring (bicyclic) bond motifs is 7. The van der Waals surface area contributed by atoms with Crippen molar-refractivity contribution in [1.29, 1.82) is 0 Å².